The number of rotatable bonds is 2. The van der Waals surface area contributed by atoms with Gasteiger partial charge in [0.05, 0.1) is 6.10 Å². The molecule has 2 atom stereocenters. The number of aliphatic hydroxyl groups excluding tert-OH is 1. The largest absolute Gasteiger partial charge is 0.433 e. The van der Waals surface area contributed by atoms with Gasteiger partial charge in [-0.05, 0) is 31.2 Å². The van der Waals surface area contributed by atoms with Crippen LogP contribution < -0.4 is 0 Å². The fraction of sp³-hybridized carbons (Fsp3) is 0.462. The van der Waals surface area contributed by atoms with E-state index in [1.165, 1.54) is 6.07 Å². The maximum absolute atomic E-state index is 12.5. The SMILES string of the molecule is OC(c1ccc(C(F)(F)F)nc1Cl)C1CC=CCC1. The minimum atomic E-state index is -4.53. The van der Waals surface area contributed by atoms with Crippen LogP contribution in [0.1, 0.15) is 36.6 Å². The second-order valence-electron chi connectivity index (χ2n) is 4.56. The van der Waals surface area contributed by atoms with Crippen LogP contribution in [-0.2, 0) is 6.18 Å². The Hall–Kier alpha value is -1.07. The lowest BCUT2D eigenvalue weighted by atomic mass is 9.86. The lowest BCUT2D eigenvalue weighted by Gasteiger charge is -2.24. The molecule has 1 heterocycles. The van der Waals surface area contributed by atoms with Gasteiger partial charge in [0, 0.05) is 5.56 Å². The van der Waals surface area contributed by atoms with Gasteiger partial charge in [0.15, 0.2) is 0 Å². The number of alkyl halides is 3. The Morgan fingerprint density at radius 2 is 2.05 bits per heavy atom. The van der Waals surface area contributed by atoms with E-state index >= 15 is 0 Å². The Morgan fingerprint density at radius 3 is 2.58 bits per heavy atom. The second-order valence-corrected chi connectivity index (χ2v) is 4.92. The summed E-state index contributed by atoms with van der Waals surface area (Å²) in [5.41, 5.74) is -0.785. The number of nitrogens with zero attached hydrogens (tertiary/aromatic N) is 1. The lowest BCUT2D eigenvalue weighted by molar-refractivity contribution is -0.141. The molecule has 1 aromatic rings. The van der Waals surface area contributed by atoms with E-state index in [-0.39, 0.29) is 16.6 Å². The van der Waals surface area contributed by atoms with E-state index < -0.39 is 18.0 Å². The zero-order chi connectivity index (χ0) is 14.0. The van der Waals surface area contributed by atoms with Crippen LogP contribution >= 0.6 is 11.6 Å². The summed E-state index contributed by atoms with van der Waals surface area (Å²) in [5.74, 6) is -0.0268. The topological polar surface area (TPSA) is 33.1 Å². The number of aromatic nitrogens is 1. The Kier molecular flexibility index (Phi) is 4.16. The third-order valence-electron chi connectivity index (χ3n) is 3.24. The fourth-order valence-corrected chi connectivity index (χ4v) is 2.45. The number of pyridine rings is 1. The molecule has 19 heavy (non-hydrogen) atoms. The Bertz CT molecular complexity index is 487. The molecular weight excluding hydrogens is 279 g/mol. The Morgan fingerprint density at radius 1 is 1.32 bits per heavy atom. The minimum Gasteiger partial charge on any atom is -0.388 e. The highest BCUT2D eigenvalue weighted by molar-refractivity contribution is 6.30. The van der Waals surface area contributed by atoms with Crippen LogP contribution in [0.3, 0.4) is 0 Å². The summed E-state index contributed by atoms with van der Waals surface area (Å²) in [6.45, 7) is 0. The molecule has 1 aromatic heterocycles. The van der Waals surface area contributed by atoms with Crippen molar-refractivity contribution in [3.8, 4) is 0 Å². The molecule has 2 unspecified atom stereocenters. The van der Waals surface area contributed by atoms with E-state index in [9.17, 15) is 18.3 Å². The number of allylic oxidation sites excluding steroid dienone is 2. The first-order chi connectivity index (χ1) is 8.89. The number of hydrogen-bond acceptors (Lipinski definition) is 2. The molecular formula is C13H13ClF3NO. The van der Waals surface area contributed by atoms with Gasteiger partial charge in [0.25, 0.3) is 0 Å². The van der Waals surface area contributed by atoms with Gasteiger partial charge in [0.1, 0.15) is 10.8 Å². The highest BCUT2D eigenvalue weighted by Crippen LogP contribution is 2.36. The van der Waals surface area contributed by atoms with E-state index in [0.29, 0.717) is 6.42 Å². The molecule has 1 N–H and O–H groups in total. The molecule has 0 radical (unpaired) electrons. The molecule has 6 heteroatoms. The third kappa shape index (κ3) is 3.28. The van der Waals surface area contributed by atoms with Crippen molar-refractivity contribution >= 4 is 11.6 Å². The summed E-state index contributed by atoms with van der Waals surface area (Å²) in [6, 6.07) is 2.06. The molecule has 0 bridgehead atoms. The van der Waals surface area contributed by atoms with E-state index in [1.54, 1.807) is 0 Å². The molecule has 104 valence electrons. The van der Waals surface area contributed by atoms with Gasteiger partial charge in [-0.1, -0.05) is 29.8 Å². The summed E-state index contributed by atoms with van der Waals surface area (Å²) in [6.07, 6.45) is 0.910. The van der Waals surface area contributed by atoms with Crippen LogP contribution in [0.4, 0.5) is 13.2 Å². The predicted molar refractivity (Wildman–Crippen MR) is 65.7 cm³/mol. The number of halogens is 4. The van der Waals surface area contributed by atoms with E-state index in [0.717, 1.165) is 18.9 Å². The normalized spacial score (nSPS) is 21.4. The first kappa shape index (κ1) is 14.3. The summed E-state index contributed by atoms with van der Waals surface area (Å²) in [7, 11) is 0. The van der Waals surface area contributed by atoms with Gasteiger partial charge in [-0.15, -0.1) is 0 Å². The molecule has 0 fully saturated rings. The minimum absolute atomic E-state index is 0.0268. The van der Waals surface area contributed by atoms with Gasteiger partial charge in [0.2, 0.25) is 0 Å². The lowest BCUT2D eigenvalue weighted by Crippen LogP contribution is -2.16. The van der Waals surface area contributed by atoms with Crippen molar-refractivity contribution in [1.29, 1.82) is 0 Å². The maximum Gasteiger partial charge on any atom is 0.433 e. The third-order valence-corrected chi connectivity index (χ3v) is 3.55. The quantitative estimate of drug-likeness (QED) is 0.656. The Labute approximate surface area is 113 Å². The fourth-order valence-electron chi connectivity index (χ4n) is 2.18. The summed E-state index contributed by atoms with van der Waals surface area (Å²) in [4.78, 5) is 3.32. The molecule has 0 amide bonds. The number of aliphatic hydroxyl groups is 1. The van der Waals surface area contributed by atoms with Gasteiger partial charge < -0.3 is 5.11 Å². The molecule has 2 rings (SSSR count). The zero-order valence-corrected chi connectivity index (χ0v) is 10.7. The molecule has 0 spiro atoms. The molecule has 0 aliphatic heterocycles. The van der Waals surface area contributed by atoms with Crippen LogP contribution in [0.2, 0.25) is 5.15 Å². The maximum atomic E-state index is 12.5. The van der Waals surface area contributed by atoms with E-state index in [1.807, 2.05) is 12.2 Å². The second kappa shape index (κ2) is 5.51. The molecule has 0 saturated carbocycles. The molecule has 0 aromatic carbocycles. The first-order valence-corrected chi connectivity index (χ1v) is 6.34. The summed E-state index contributed by atoms with van der Waals surface area (Å²) < 4.78 is 37.4. The van der Waals surface area contributed by atoms with Crippen molar-refractivity contribution in [2.24, 2.45) is 5.92 Å². The van der Waals surface area contributed by atoms with E-state index in [2.05, 4.69) is 4.98 Å². The average Bonchev–Trinajstić information content (AvgIpc) is 2.38. The van der Waals surface area contributed by atoms with Gasteiger partial charge in [-0.3, -0.25) is 0 Å². The molecule has 0 saturated heterocycles. The highest BCUT2D eigenvalue weighted by atomic mass is 35.5. The zero-order valence-electron chi connectivity index (χ0n) is 9.99. The average molecular weight is 292 g/mol. The van der Waals surface area contributed by atoms with Crippen LogP contribution in [-0.4, -0.2) is 10.1 Å². The summed E-state index contributed by atoms with van der Waals surface area (Å²) in [5, 5.41) is 9.90. The van der Waals surface area contributed by atoms with Gasteiger partial charge >= 0.3 is 6.18 Å². The highest BCUT2D eigenvalue weighted by Gasteiger charge is 2.34. The van der Waals surface area contributed by atoms with Crippen LogP contribution in [0, 0.1) is 5.92 Å². The van der Waals surface area contributed by atoms with Crippen molar-refractivity contribution in [1.82, 2.24) is 4.98 Å². The van der Waals surface area contributed by atoms with Crippen molar-refractivity contribution < 1.29 is 18.3 Å². The van der Waals surface area contributed by atoms with Gasteiger partial charge in [-0.25, -0.2) is 4.98 Å². The van der Waals surface area contributed by atoms with Crippen molar-refractivity contribution in [3.05, 3.63) is 40.7 Å². The predicted octanol–water partition coefficient (Wildman–Crippen LogP) is 4.14. The van der Waals surface area contributed by atoms with Crippen molar-refractivity contribution in [2.45, 2.75) is 31.5 Å². The van der Waals surface area contributed by atoms with Crippen molar-refractivity contribution in [3.63, 3.8) is 0 Å². The summed E-state index contributed by atoms with van der Waals surface area (Å²) >= 11 is 5.76. The standard InChI is InChI=1S/C13H13ClF3NO/c14-12-9(6-7-10(18-12)13(15,16)17)11(19)8-4-2-1-3-5-8/h1-2,6-8,11,19H,3-5H2. The Balaban J connectivity index is 2.23. The van der Waals surface area contributed by atoms with Crippen LogP contribution in [0.15, 0.2) is 24.3 Å². The molecule has 1 aliphatic carbocycles. The van der Waals surface area contributed by atoms with Crippen molar-refractivity contribution in [2.75, 3.05) is 0 Å². The van der Waals surface area contributed by atoms with Crippen LogP contribution in [0.5, 0.6) is 0 Å². The molecule has 1 aliphatic rings. The van der Waals surface area contributed by atoms with Gasteiger partial charge in [-0.2, -0.15) is 13.2 Å². The van der Waals surface area contributed by atoms with E-state index in [4.69, 9.17) is 11.6 Å². The monoisotopic (exact) mass is 291 g/mol. The van der Waals surface area contributed by atoms with Crippen LogP contribution in [0.25, 0.3) is 0 Å². The first-order valence-electron chi connectivity index (χ1n) is 5.96. The smallest absolute Gasteiger partial charge is 0.388 e. The molecule has 2 nitrogen and oxygen atoms in total. The number of hydrogen-bond donors (Lipinski definition) is 1.